The average Bonchev–Trinajstić information content (AvgIpc) is 2.67. The first kappa shape index (κ1) is 18.6. The summed E-state index contributed by atoms with van der Waals surface area (Å²) in [5.41, 5.74) is 0.534. The van der Waals surface area contributed by atoms with Crippen LogP contribution in [0.4, 0.5) is 20.2 Å². The Bertz CT molecular complexity index is 854. The minimum Gasteiger partial charge on any atom is -0.481 e. The van der Waals surface area contributed by atoms with Crippen LogP contribution in [0.1, 0.15) is 0 Å². The number of hydrogen-bond donors (Lipinski definition) is 0. The SMILES string of the molecule is O=C(COc1ccc(F)cc1F)N1CCN(c2ccccc2[N+](=O)[O-])CC1. The van der Waals surface area contributed by atoms with Crippen LogP contribution in [-0.2, 0) is 4.79 Å². The van der Waals surface area contributed by atoms with Gasteiger partial charge in [-0.2, -0.15) is 0 Å². The number of nitro groups is 1. The van der Waals surface area contributed by atoms with Gasteiger partial charge in [0.2, 0.25) is 0 Å². The second kappa shape index (κ2) is 7.98. The second-order valence-electron chi connectivity index (χ2n) is 5.98. The third-order valence-corrected chi connectivity index (χ3v) is 4.30. The molecule has 0 spiro atoms. The third kappa shape index (κ3) is 4.30. The third-order valence-electron chi connectivity index (χ3n) is 4.30. The van der Waals surface area contributed by atoms with E-state index in [0.717, 1.165) is 12.1 Å². The fourth-order valence-electron chi connectivity index (χ4n) is 2.91. The van der Waals surface area contributed by atoms with Crippen molar-refractivity contribution < 1.29 is 23.2 Å². The lowest BCUT2D eigenvalue weighted by Crippen LogP contribution is -2.50. The number of carbonyl (C=O) groups is 1. The Balaban J connectivity index is 1.56. The van der Waals surface area contributed by atoms with Crippen molar-refractivity contribution in [3.63, 3.8) is 0 Å². The molecule has 0 aromatic heterocycles. The summed E-state index contributed by atoms with van der Waals surface area (Å²) >= 11 is 0. The maximum absolute atomic E-state index is 13.5. The minimum atomic E-state index is -0.871. The van der Waals surface area contributed by atoms with Crippen LogP contribution in [0, 0.1) is 21.7 Å². The van der Waals surface area contributed by atoms with E-state index in [-0.39, 0.29) is 24.0 Å². The molecule has 2 aromatic rings. The van der Waals surface area contributed by atoms with Crippen LogP contribution in [0.25, 0.3) is 0 Å². The van der Waals surface area contributed by atoms with Gasteiger partial charge in [-0.3, -0.25) is 14.9 Å². The molecule has 0 radical (unpaired) electrons. The summed E-state index contributed by atoms with van der Waals surface area (Å²) in [5.74, 6) is -2.12. The van der Waals surface area contributed by atoms with Gasteiger partial charge in [0, 0.05) is 38.3 Å². The lowest BCUT2D eigenvalue weighted by molar-refractivity contribution is -0.384. The molecule has 1 amide bonds. The van der Waals surface area contributed by atoms with Crippen LogP contribution < -0.4 is 9.64 Å². The zero-order valence-electron chi connectivity index (χ0n) is 14.3. The van der Waals surface area contributed by atoms with Crippen LogP contribution in [-0.4, -0.2) is 48.5 Å². The van der Waals surface area contributed by atoms with Gasteiger partial charge >= 0.3 is 0 Å². The first-order valence-electron chi connectivity index (χ1n) is 8.29. The van der Waals surface area contributed by atoms with Crippen molar-refractivity contribution >= 4 is 17.3 Å². The molecule has 7 nitrogen and oxygen atoms in total. The van der Waals surface area contributed by atoms with Crippen molar-refractivity contribution in [2.45, 2.75) is 0 Å². The first-order chi connectivity index (χ1) is 13.0. The Morgan fingerprint density at radius 3 is 2.48 bits per heavy atom. The maximum atomic E-state index is 13.5. The van der Waals surface area contributed by atoms with E-state index >= 15 is 0 Å². The molecule has 0 aliphatic carbocycles. The molecule has 3 rings (SSSR count). The van der Waals surface area contributed by atoms with E-state index in [2.05, 4.69) is 0 Å². The number of anilines is 1. The lowest BCUT2D eigenvalue weighted by Gasteiger charge is -2.35. The molecule has 0 unspecified atom stereocenters. The molecule has 1 heterocycles. The molecule has 0 saturated carbocycles. The van der Waals surface area contributed by atoms with Crippen molar-refractivity contribution in [1.82, 2.24) is 4.90 Å². The molecule has 9 heteroatoms. The number of benzene rings is 2. The highest BCUT2D eigenvalue weighted by Gasteiger charge is 2.25. The summed E-state index contributed by atoms with van der Waals surface area (Å²) in [6.07, 6.45) is 0. The summed E-state index contributed by atoms with van der Waals surface area (Å²) in [5, 5.41) is 11.1. The zero-order valence-corrected chi connectivity index (χ0v) is 14.3. The number of carbonyl (C=O) groups excluding carboxylic acids is 1. The van der Waals surface area contributed by atoms with Crippen molar-refractivity contribution in [2.75, 3.05) is 37.7 Å². The molecule has 0 atom stereocenters. The fourth-order valence-corrected chi connectivity index (χ4v) is 2.91. The zero-order chi connectivity index (χ0) is 19.4. The first-order valence-corrected chi connectivity index (χ1v) is 8.29. The van der Waals surface area contributed by atoms with E-state index in [4.69, 9.17) is 4.74 Å². The Hall–Kier alpha value is -3.23. The van der Waals surface area contributed by atoms with Crippen LogP contribution in [0.15, 0.2) is 42.5 Å². The van der Waals surface area contributed by atoms with E-state index < -0.39 is 16.6 Å². The lowest BCUT2D eigenvalue weighted by atomic mass is 10.2. The Morgan fingerprint density at radius 2 is 1.81 bits per heavy atom. The number of ether oxygens (including phenoxy) is 1. The second-order valence-corrected chi connectivity index (χ2v) is 5.98. The highest BCUT2D eigenvalue weighted by atomic mass is 19.1. The molecule has 2 aromatic carbocycles. The summed E-state index contributed by atoms with van der Waals surface area (Å²) < 4.78 is 31.5. The van der Waals surface area contributed by atoms with E-state index in [0.29, 0.717) is 37.9 Å². The van der Waals surface area contributed by atoms with Crippen molar-refractivity contribution in [1.29, 1.82) is 0 Å². The van der Waals surface area contributed by atoms with E-state index in [1.54, 1.807) is 23.1 Å². The van der Waals surface area contributed by atoms with Gasteiger partial charge in [-0.15, -0.1) is 0 Å². The van der Waals surface area contributed by atoms with Crippen LogP contribution in [0.3, 0.4) is 0 Å². The molecule has 0 bridgehead atoms. The van der Waals surface area contributed by atoms with Gasteiger partial charge < -0.3 is 14.5 Å². The molecule has 27 heavy (non-hydrogen) atoms. The summed E-state index contributed by atoms with van der Waals surface area (Å²) in [4.78, 5) is 26.4. The van der Waals surface area contributed by atoms with Crippen LogP contribution >= 0.6 is 0 Å². The molecule has 142 valence electrons. The number of amides is 1. The number of nitro benzene ring substituents is 1. The van der Waals surface area contributed by atoms with Gasteiger partial charge in [0.25, 0.3) is 11.6 Å². The normalized spacial score (nSPS) is 14.1. The average molecular weight is 377 g/mol. The molecule has 1 fully saturated rings. The predicted molar refractivity (Wildman–Crippen MR) is 93.7 cm³/mol. The number of para-hydroxylation sites is 2. The molecule has 0 N–H and O–H groups in total. The monoisotopic (exact) mass is 377 g/mol. The molecular formula is C18H17F2N3O4. The van der Waals surface area contributed by atoms with Gasteiger partial charge in [-0.25, -0.2) is 8.78 Å². The highest BCUT2D eigenvalue weighted by molar-refractivity contribution is 5.78. The fraction of sp³-hybridized carbons (Fsp3) is 0.278. The van der Waals surface area contributed by atoms with Gasteiger partial charge in [0.1, 0.15) is 11.5 Å². The Labute approximate surface area is 153 Å². The van der Waals surface area contributed by atoms with Crippen LogP contribution in [0.2, 0.25) is 0 Å². The van der Waals surface area contributed by atoms with Gasteiger partial charge in [-0.1, -0.05) is 12.1 Å². The number of halogens is 2. The predicted octanol–water partition coefficient (Wildman–Crippen LogP) is 2.60. The van der Waals surface area contributed by atoms with E-state index in [1.165, 1.54) is 6.07 Å². The van der Waals surface area contributed by atoms with Gasteiger partial charge in [0.05, 0.1) is 4.92 Å². The topological polar surface area (TPSA) is 75.9 Å². The molecule has 1 aliphatic rings. The summed E-state index contributed by atoms with van der Waals surface area (Å²) in [6, 6.07) is 9.32. The quantitative estimate of drug-likeness (QED) is 0.591. The summed E-state index contributed by atoms with van der Waals surface area (Å²) in [7, 11) is 0. The maximum Gasteiger partial charge on any atom is 0.292 e. The Kier molecular flexibility index (Phi) is 5.49. The number of nitrogens with zero attached hydrogens (tertiary/aromatic N) is 3. The number of rotatable bonds is 5. The largest absolute Gasteiger partial charge is 0.481 e. The minimum absolute atomic E-state index is 0.0207. The molecule has 1 aliphatic heterocycles. The molecular weight excluding hydrogens is 360 g/mol. The highest BCUT2D eigenvalue weighted by Crippen LogP contribution is 2.28. The van der Waals surface area contributed by atoms with Gasteiger partial charge in [-0.05, 0) is 18.2 Å². The summed E-state index contributed by atoms with van der Waals surface area (Å²) in [6.45, 7) is 1.22. The van der Waals surface area contributed by atoms with Crippen molar-refractivity contribution in [3.8, 4) is 5.75 Å². The van der Waals surface area contributed by atoms with Crippen molar-refractivity contribution in [2.24, 2.45) is 0 Å². The van der Waals surface area contributed by atoms with Crippen LogP contribution in [0.5, 0.6) is 5.75 Å². The van der Waals surface area contributed by atoms with Gasteiger partial charge in [0.15, 0.2) is 18.2 Å². The standard InChI is InChI=1S/C18H17F2N3O4/c19-13-5-6-17(14(20)11-13)27-12-18(24)22-9-7-21(8-10-22)15-3-1-2-4-16(15)23(25)26/h1-6,11H,7-10,12H2. The molecule has 1 saturated heterocycles. The van der Waals surface area contributed by atoms with E-state index in [9.17, 15) is 23.7 Å². The Morgan fingerprint density at radius 1 is 1.11 bits per heavy atom. The smallest absolute Gasteiger partial charge is 0.292 e. The number of piperazine rings is 1. The van der Waals surface area contributed by atoms with E-state index in [1.807, 2.05) is 4.90 Å². The van der Waals surface area contributed by atoms with Crippen molar-refractivity contribution in [3.05, 3.63) is 64.2 Å². The number of hydrogen-bond acceptors (Lipinski definition) is 5.